The quantitative estimate of drug-likeness (QED) is 0.234. The number of aliphatic hydroxyl groups excluding tert-OH is 3. The summed E-state index contributed by atoms with van der Waals surface area (Å²) in [5.41, 5.74) is -0.267. The van der Waals surface area contributed by atoms with E-state index >= 15 is 0 Å². The molecule has 36 heavy (non-hydrogen) atoms. The Kier molecular flexibility index (Phi) is 10.3. The summed E-state index contributed by atoms with van der Waals surface area (Å²) in [4.78, 5) is 12.2. The average molecular weight is 554 g/mol. The Labute approximate surface area is 258 Å². The van der Waals surface area contributed by atoms with Crippen LogP contribution in [0.5, 0.6) is 0 Å². The second-order valence-electron chi connectivity index (χ2n) is 12.7. The van der Waals surface area contributed by atoms with Gasteiger partial charge in [0.25, 0.3) is 0 Å². The number of fused-ring (bicyclic) bond motifs is 5. The molecule has 4 aliphatic carbocycles. The molecule has 202 valence electrons. The van der Waals surface area contributed by atoms with Crippen LogP contribution in [0.3, 0.4) is 0 Å². The Bertz CT molecular complexity index is 903. The van der Waals surface area contributed by atoms with Crippen molar-refractivity contribution in [1.82, 2.24) is 5.32 Å². The minimum absolute atomic E-state index is 0. The van der Waals surface area contributed by atoms with E-state index in [1.54, 1.807) is 0 Å². The Morgan fingerprint density at radius 1 is 1.08 bits per heavy atom. The molecule has 0 aliphatic heterocycles. The zero-order chi connectivity index (χ0) is 25.8. The fourth-order valence-corrected chi connectivity index (χ4v) is 9.45. The minimum Gasteiger partial charge on any atom is -0.748 e. The van der Waals surface area contributed by atoms with E-state index in [2.05, 4.69) is 26.1 Å². The maximum Gasteiger partial charge on any atom is 1.00 e. The average Bonchev–Trinajstić information content (AvgIpc) is 3.12. The van der Waals surface area contributed by atoms with Crippen LogP contribution < -0.4 is 56.7 Å². The monoisotopic (exact) mass is 553 g/mol. The molecule has 0 spiro atoms. The van der Waals surface area contributed by atoms with Crippen LogP contribution in [0.4, 0.5) is 0 Å². The summed E-state index contributed by atoms with van der Waals surface area (Å²) in [6.07, 6.45) is 5.58. The van der Waals surface area contributed by atoms with E-state index < -0.39 is 28.1 Å². The van der Waals surface area contributed by atoms with Crippen molar-refractivity contribution < 1.29 is 84.5 Å². The third-order valence-electron chi connectivity index (χ3n) is 11.0. The summed E-state index contributed by atoms with van der Waals surface area (Å²) < 4.78 is 32.2. The molecule has 0 bridgehead atoms. The zero-order valence-corrected chi connectivity index (χ0v) is 26.3. The molecule has 3 unspecified atom stereocenters. The number of amides is 1. The van der Waals surface area contributed by atoms with E-state index in [0.29, 0.717) is 18.8 Å². The van der Waals surface area contributed by atoms with Gasteiger partial charge in [-0.05, 0) is 97.7 Å². The first-order valence-corrected chi connectivity index (χ1v) is 15.1. The number of carbonyl (C=O) groups excluding carboxylic acids is 1. The van der Waals surface area contributed by atoms with Crippen LogP contribution in [-0.2, 0) is 14.9 Å². The van der Waals surface area contributed by atoms with Gasteiger partial charge in [0.15, 0.2) is 0 Å². The topological polar surface area (TPSA) is 147 Å². The van der Waals surface area contributed by atoms with Crippen molar-refractivity contribution in [3.05, 3.63) is 0 Å². The second kappa shape index (κ2) is 11.8. The van der Waals surface area contributed by atoms with E-state index in [9.17, 15) is 33.1 Å². The zero-order valence-electron chi connectivity index (χ0n) is 22.4. The van der Waals surface area contributed by atoms with E-state index in [-0.39, 0.29) is 117 Å². The van der Waals surface area contributed by atoms with Crippen LogP contribution in [0.1, 0.15) is 78.6 Å². The molecule has 10 heteroatoms. The first kappa shape index (κ1) is 31.4. The molecule has 4 saturated carbocycles. The van der Waals surface area contributed by atoms with Gasteiger partial charge in [-0.25, -0.2) is 8.42 Å². The molecule has 4 aliphatic rings. The molecule has 1 amide bonds. The van der Waals surface area contributed by atoms with Gasteiger partial charge in [0.2, 0.25) is 5.91 Å². The summed E-state index contributed by atoms with van der Waals surface area (Å²) in [6.45, 7) is 6.48. The van der Waals surface area contributed by atoms with Gasteiger partial charge in [0, 0.05) is 13.0 Å². The van der Waals surface area contributed by atoms with Crippen molar-refractivity contribution in [3.63, 3.8) is 0 Å². The van der Waals surface area contributed by atoms with Gasteiger partial charge >= 0.3 is 51.4 Å². The van der Waals surface area contributed by atoms with E-state index in [4.69, 9.17) is 0 Å². The molecular formula is C26H44KNO7S. The summed E-state index contributed by atoms with van der Waals surface area (Å²) in [6, 6.07) is 0. The molecule has 11 atom stereocenters. The summed E-state index contributed by atoms with van der Waals surface area (Å²) in [7, 11) is -4.35. The van der Waals surface area contributed by atoms with Gasteiger partial charge in [-0.3, -0.25) is 4.79 Å². The van der Waals surface area contributed by atoms with Crippen molar-refractivity contribution in [2.45, 2.75) is 96.9 Å². The maximum absolute atomic E-state index is 12.2. The predicted molar refractivity (Wildman–Crippen MR) is 130 cm³/mol. The molecule has 0 aromatic carbocycles. The van der Waals surface area contributed by atoms with Crippen LogP contribution in [0, 0.1) is 46.3 Å². The van der Waals surface area contributed by atoms with Crippen molar-refractivity contribution in [3.8, 4) is 0 Å². The van der Waals surface area contributed by atoms with Gasteiger partial charge in [-0.2, -0.15) is 0 Å². The summed E-state index contributed by atoms with van der Waals surface area (Å²) in [5, 5.41) is 35.7. The SMILES string of the molecule is CC(CCC(=O)NCCS(=O)(=O)[O-])[C@H]1CC[C@H]2C3[C@H](O)CC4C[C@H](O)CC[C@]4(C)[C@H]3C[C@H](O)[C@]12C.[K+]. The molecule has 0 saturated heterocycles. The van der Waals surface area contributed by atoms with Crippen LogP contribution in [0.2, 0.25) is 0 Å². The Morgan fingerprint density at radius 2 is 1.78 bits per heavy atom. The van der Waals surface area contributed by atoms with Gasteiger partial charge in [-0.1, -0.05) is 20.8 Å². The summed E-state index contributed by atoms with van der Waals surface area (Å²) in [5.74, 6) is 0.522. The van der Waals surface area contributed by atoms with Gasteiger partial charge in [-0.15, -0.1) is 0 Å². The number of nitrogens with one attached hydrogen (secondary N) is 1. The molecule has 4 N–H and O–H groups in total. The standard InChI is InChI=1S/C26H45NO7S.K/c1-15(4-7-23(31)27-10-11-35(32,33)34)18-5-6-19-24-20(14-22(30)26(18,19)3)25(2)9-8-17(28)12-16(25)13-21(24)29;/h15-22,24,28-30H,4-14H2,1-3H3,(H,27,31)(H,32,33,34);/q;+1/p-1/t15?,16?,17-,18-,19+,20+,21-,22+,24?,25+,26-;/m1./s1. The molecule has 8 nitrogen and oxygen atoms in total. The van der Waals surface area contributed by atoms with Crippen LogP contribution >= 0.6 is 0 Å². The van der Waals surface area contributed by atoms with Gasteiger partial charge in [0.1, 0.15) is 0 Å². The van der Waals surface area contributed by atoms with E-state index in [1.165, 1.54) is 0 Å². The van der Waals surface area contributed by atoms with Gasteiger partial charge in [0.05, 0.1) is 34.2 Å². The van der Waals surface area contributed by atoms with Gasteiger partial charge < -0.3 is 25.2 Å². The molecule has 0 aromatic heterocycles. The fourth-order valence-electron chi connectivity index (χ4n) is 9.10. The third-order valence-corrected chi connectivity index (χ3v) is 11.7. The maximum atomic E-state index is 12.2. The van der Waals surface area contributed by atoms with Crippen LogP contribution in [0.15, 0.2) is 0 Å². The minimum atomic E-state index is -4.35. The van der Waals surface area contributed by atoms with Crippen LogP contribution in [0.25, 0.3) is 0 Å². The molecular weight excluding hydrogens is 509 g/mol. The molecule has 0 aromatic rings. The fraction of sp³-hybridized carbons (Fsp3) is 0.962. The number of hydrogen-bond acceptors (Lipinski definition) is 7. The van der Waals surface area contributed by atoms with E-state index in [0.717, 1.165) is 38.5 Å². The normalized spacial score (nSPS) is 45.0. The first-order chi connectivity index (χ1) is 16.3. The number of rotatable bonds is 7. The van der Waals surface area contributed by atoms with Crippen molar-refractivity contribution in [1.29, 1.82) is 0 Å². The van der Waals surface area contributed by atoms with Crippen molar-refractivity contribution >= 4 is 16.0 Å². The van der Waals surface area contributed by atoms with E-state index in [1.807, 2.05) is 0 Å². The van der Waals surface area contributed by atoms with Crippen molar-refractivity contribution in [2.75, 3.05) is 12.3 Å². The van der Waals surface area contributed by atoms with Crippen LogP contribution in [-0.4, -0.2) is 64.8 Å². The Hall–Kier alpha value is 0.896. The second-order valence-corrected chi connectivity index (χ2v) is 14.2. The number of carbonyl (C=O) groups is 1. The molecule has 0 heterocycles. The Morgan fingerprint density at radius 3 is 2.44 bits per heavy atom. The largest absolute Gasteiger partial charge is 1.00 e. The molecule has 4 fully saturated rings. The first-order valence-electron chi connectivity index (χ1n) is 13.5. The molecule has 0 radical (unpaired) electrons. The summed E-state index contributed by atoms with van der Waals surface area (Å²) >= 11 is 0. The number of aliphatic hydroxyl groups is 3. The number of hydrogen-bond donors (Lipinski definition) is 4. The molecule has 4 rings (SSSR count). The Balaban J connectivity index is 0.00000361. The van der Waals surface area contributed by atoms with Crippen molar-refractivity contribution in [2.24, 2.45) is 46.3 Å². The smallest absolute Gasteiger partial charge is 0.748 e. The third kappa shape index (κ3) is 5.98. The predicted octanol–water partition coefficient (Wildman–Crippen LogP) is -0.970.